The molecule has 0 spiro atoms. The minimum absolute atomic E-state index is 0.0524. The number of carbonyl (C=O) groups is 1. The first-order chi connectivity index (χ1) is 16.5. The number of ketones is 1. The predicted molar refractivity (Wildman–Crippen MR) is 137 cm³/mol. The molecule has 34 heavy (non-hydrogen) atoms. The van der Waals surface area contributed by atoms with Crippen LogP contribution in [0.2, 0.25) is 0 Å². The van der Waals surface area contributed by atoms with Crippen molar-refractivity contribution in [3.8, 4) is 0 Å². The highest BCUT2D eigenvalue weighted by atomic mass is 19.1. The molecule has 0 bridgehead atoms. The van der Waals surface area contributed by atoms with Gasteiger partial charge in [-0.2, -0.15) is 5.10 Å². The zero-order valence-electron chi connectivity index (χ0n) is 20.8. The number of nitrogens with one attached hydrogen (secondary N) is 2. The number of halogens is 1. The van der Waals surface area contributed by atoms with Crippen LogP contribution in [0.15, 0.2) is 36.9 Å². The second-order valence-corrected chi connectivity index (χ2v) is 8.89. The fourth-order valence-corrected chi connectivity index (χ4v) is 4.43. The Labute approximate surface area is 203 Å². The molecule has 186 valence electrons. The summed E-state index contributed by atoms with van der Waals surface area (Å²) in [5, 5.41) is 10.9. The lowest BCUT2D eigenvalue weighted by Gasteiger charge is -2.22. The molecule has 1 fully saturated rings. The third-order valence-corrected chi connectivity index (χ3v) is 6.18. The van der Waals surface area contributed by atoms with E-state index in [1.165, 1.54) is 11.8 Å². The maximum absolute atomic E-state index is 15.1. The molecule has 1 aliphatic rings. The normalized spacial score (nSPS) is 15.0. The molecule has 2 heterocycles. The Morgan fingerprint density at radius 2 is 2.12 bits per heavy atom. The summed E-state index contributed by atoms with van der Waals surface area (Å²) in [4.78, 5) is 16.8. The Morgan fingerprint density at radius 1 is 1.29 bits per heavy atom. The maximum Gasteiger partial charge on any atom is 0.168 e. The summed E-state index contributed by atoms with van der Waals surface area (Å²) >= 11 is 0. The third kappa shape index (κ3) is 6.67. The van der Waals surface area contributed by atoms with Crippen molar-refractivity contribution in [3.63, 3.8) is 0 Å². The van der Waals surface area contributed by atoms with Gasteiger partial charge in [0.05, 0.1) is 30.6 Å². The lowest BCUT2D eigenvalue weighted by Crippen LogP contribution is -2.35. The largest absolute Gasteiger partial charge is 0.375 e. The number of nitrogens with zero attached hydrogens (tertiary/aromatic N) is 4. The molecule has 2 aromatic rings. The Morgan fingerprint density at radius 3 is 2.79 bits per heavy atom. The number of anilines is 2. The van der Waals surface area contributed by atoms with Crippen molar-refractivity contribution >= 4 is 17.2 Å². The molecule has 7 nitrogen and oxygen atoms in total. The van der Waals surface area contributed by atoms with Gasteiger partial charge in [-0.1, -0.05) is 19.9 Å². The molecule has 1 aromatic heterocycles. The second kappa shape index (κ2) is 12.7. The minimum atomic E-state index is -0.376. The average Bonchev–Trinajstić information content (AvgIpc) is 3.44. The topological polar surface area (TPSA) is 65.4 Å². The van der Waals surface area contributed by atoms with Crippen LogP contribution in [-0.4, -0.2) is 59.9 Å². The predicted octanol–water partition coefficient (Wildman–Crippen LogP) is 3.81. The lowest BCUT2D eigenvalue weighted by atomic mass is 10.1. The summed E-state index contributed by atoms with van der Waals surface area (Å²) < 4.78 is 17.2. The second-order valence-electron chi connectivity index (χ2n) is 8.89. The number of benzene rings is 1. The van der Waals surface area contributed by atoms with Crippen LogP contribution < -0.4 is 15.5 Å². The van der Waals surface area contributed by atoms with Gasteiger partial charge in [-0.05, 0) is 57.0 Å². The number of Topliss-reactive ketones (excluding diaryl/α,β-unsaturated/α-hetero) is 1. The SMILES string of the molecule is C=CCCC(Nc1ccc(N2CCN(Cc3cc(CC)n(CCC)n3)C2)c(F)c1)C(=O)CNC. The van der Waals surface area contributed by atoms with E-state index < -0.39 is 0 Å². The van der Waals surface area contributed by atoms with Gasteiger partial charge in [0, 0.05) is 37.6 Å². The van der Waals surface area contributed by atoms with Crippen molar-refractivity contribution in [1.29, 1.82) is 0 Å². The van der Waals surface area contributed by atoms with Crippen LogP contribution in [0.3, 0.4) is 0 Å². The smallest absolute Gasteiger partial charge is 0.168 e. The molecule has 0 radical (unpaired) electrons. The molecule has 3 rings (SSSR count). The van der Waals surface area contributed by atoms with Gasteiger partial charge in [-0.3, -0.25) is 14.4 Å². The van der Waals surface area contributed by atoms with E-state index >= 15 is 4.39 Å². The highest BCUT2D eigenvalue weighted by Crippen LogP contribution is 2.26. The number of aromatic nitrogens is 2. The van der Waals surface area contributed by atoms with Crippen LogP contribution in [0.4, 0.5) is 15.8 Å². The summed E-state index contributed by atoms with van der Waals surface area (Å²) in [5.74, 6) is -0.229. The first-order valence-corrected chi connectivity index (χ1v) is 12.4. The van der Waals surface area contributed by atoms with E-state index in [1.54, 1.807) is 19.2 Å². The van der Waals surface area contributed by atoms with Gasteiger partial charge in [0.25, 0.3) is 0 Å². The van der Waals surface area contributed by atoms with Gasteiger partial charge in [-0.25, -0.2) is 4.39 Å². The molecule has 1 aromatic carbocycles. The van der Waals surface area contributed by atoms with Crippen molar-refractivity contribution < 1.29 is 9.18 Å². The molecule has 1 saturated heterocycles. The zero-order chi connectivity index (χ0) is 24.5. The molecule has 0 saturated carbocycles. The highest BCUT2D eigenvalue weighted by molar-refractivity contribution is 5.88. The van der Waals surface area contributed by atoms with Crippen molar-refractivity contribution in [1.82, 2.24) is 20.0 Å². The van der Waals surface area contributed by atoms with Gasteiger partial charge in [0.2, 0.25) is 0 Å². The van der Waals surface area contributed by atoms with E-state index in [4.69, 9.17) is 5.10 Å². The van der Waals surface area contributed by atoms with Gasteiger partial charge >= 0.3 is 0 Å². The number of aryl methyl sites for hydroxylation is 2. The van der Waals surface area contributed by atoms with Crippen molar-refractivity contribution in [3.05, 3.63) is 54.1 Å². The van der Waals surface area contributed by atoms with Gasteiger partial charge in [0.1, 0.15) is 5.82 Å². The first-order valence-electron chi connectivity index (χ1n) is 12.4. The van der Waals surface area contributed by atoms with Crippen LogP contribution in [0, 0.1) is 5.82 Å². The Hall–Kier alpha value is -2.71. The molecule has 1 aliphatic heterocycles. The Kier molecular flexibility index (Phi) is 9.65. The molecule has 8 heteroatoms. The standard InChI is InChI=1S/C26H39FN6O/c1-5-8-9-24(26(34)17-28-4)29-20-10-11-25(23(27)16-20)32-14-13-31(19-32)18-21-15-22(7-3)33(30-21)12-6-2/h5,10-11,15-16,24,28-29H,1,6-9,12-14,17-19H2,2-4H3. The van der Waals surface area contributed by atoms with Gasteiger partial charge in [0.15, 0.2) is 5.78 Å². The fourth-order valence-electron chi connectivity index (χ4n) is 4.43. The first kappa shape index (κ1) is 25.9. The Balaban J connectivity index is 1.62. The highest BCUT2D eigenvalue weighted by Gasteiger charge is 2.24. The number of hydrogen-bond donors (Lipinski definition) is 2. The monoisotopic (exact) mass is 470 g/mol. The number of rotatable bonds is 14. The van der Waals surface area contributed by atoms with Gasteiger partial charge in [-0.15, -0.1) is 6.58 Å². The molecule has 0 amide bonds. The molecular weight excluding hydrogens is 431 g/mol. The van der Waals surface area contributed by atoms with Crippen molar-refractivity contribution in [2.45, 2.75) is 58.7 Å². The third-order valence-electron chi connectivity index (χ3n) is 6.18. The van der Waals surface area contributed by atoms with Crippen molar-refractivity contribution in [2.24, 2.45) is 0 Å². The van der Waals surface area contributed by atoms with Crippen LogP contribution >= 0.6 is 0 Å². The van der Waals surface area contributed by atoms with Crippen LogP contribution in [0.5, 0.6) is 0 Å². The summed E-state index contributed by atoms with van der Waals surface area (Å²) in [6.45, 7) is 12.3. The van der Waals surface area contributed by atoms with E-state index in [0.717, 1.165) is 44.7 Å². The summed E-state index contributed by atoms with van der Waals surface area (Å²) in [6.07, 6.45) is 5.17. The Bertz CT molecular complexity index is 959. The van der Waals surface area contributed by atoms with E-state index in [1.807, 2.05) is 6.07 Å². The molecule has 0 aliphatic carbocycles. The minimum Gasteiger partial charge on any atom is -0.375 e. The lowest BCUT2D eigenvalue weighted by molar-refractivity contribution is -0.119. The van der Waals surface area contributed by atoms with Crippen LogP contribution in [0.1, 0.15) is 44.5 Å². The molecule has 1 atom stereocenters. The number of allylic oxidation sites excluding steroid dienone is 1. The van der Waals surface area contributed by atoms with E-state index in [0.29, 0.717) is 30.9 Å². The number of likely N-dealkylation sites (N-methyl/N-ethyl adjacent to an activating group) is 1. The summed E-state index contributed by atoms with van der Waals surface area (Å²) in [7, 11) is 1.75. The fraction of sp³-hybridized carbons (Fsp3) is 0.538. The maximum atomic E-state index is 15.1. The molecule has 1 unspecified atom stereocenters. The summed E-state index contributed by atoms with van der Waals surface area (Å²) in [5.41, 5.74) is 3.54. The zero-order valence-corrected chi connectivity index (χ0v) is 20.8. The van der Waals surface area contributed by atoms with E-state index in [9.17, 15) is 4.79 Å². The molecular formula is C26H39FN6O. The number of carbonyl (C=O) groups excluding carboxylic acids is 1. The summed E-state index contributed by atoms with van der Waals surface area (Å²) in [6, 6.07) is 6.97. The average molecular weight is 471 g/mol. The van der Waals surface area contributed by atoms with E-state index in [-0.39, 0.29) is 24.2 Å². The van der Waals surface area contributed by atoms with Gasteiger partial charge < -0.3 is 15.5 Å². The van der Waals surface area contributed by atoms with Crippen LogP contribution in [-0.2, 0) is 24.3 Å². The molecule has 2 N–H and O–H groups in total. The van der Waals surface area contributed by atoms with E-state index in [2.05, 4.69) is 51.6 Å². The quantitative estimate of drug-likeness (QED) is 0.410. The van der Waals surface area contributed by atoms with Crippen LogP contribution in [0.25, 0.3) is 0 Å². The van der Waals surface area contributed by atoms with Crippen molar-refractivity contribution in [2.75, 3.05) is 43.6 Å². The number of hydrogen-bond acceptors (Lipinski definition) is 6.